The first-order valence-electron chi connectivity index (χ1n) is 8.86. The minimum absolute atomic E-state index is 0.225. The zero-order valence-electron chi connectivity index (χ0n) is 13.8. The first-order valence-corrected chi connectivity index (χ1v) is 8.86. The molecule has 0 bridgehead atoms. The summed E-state index contributed by atoms with van der Waals surface area (Å²) in [5.74, 6) is 1.38. The van der Waals surface area contributed by atoms with Crippen molar-refractivity contribution in [3.63, 3.8) is 0 Å². The molecule has 0 aromatic heterocycles. The third-order valence-corrected chi connectivity index (χ3v) is 5.75. The van der Waals surface area contributed by atoms with Crippen molar-refractivity contribution in [1.82, 2.24) is 10.2 Å². The summed E-state index contributed by atoms with van der Waals surface area (Å²) in [7, 11) is 2.04. The lowest BCUT2D eigenvalue weighted by atomic mass is 9.76. The number of nitrogens with zero attached hydrogens (tertiary/aromatic N) is 1. The van der Waals surface area contributed by atoms with E-state index >= 15 is 0 Å². The van der Waals surface area contributed by atoms with Crippen LogP contribution >= 0.6 is 0 Å². The standard InChI is InChI=1S/C17H33N3O/c1-13(19-2)15(12-14-8-4-3-5-9-14)16-10-6-7-11-20(16)17(18)21/h13-16,19H,3-12H2,1-2H3,(H2,18,21). The zero-order chi connectivity index (χ0) is 15.2. The highest BCUT2D eigenvalue weighted by Crippen LogP contribution is 2.35. The maximum absolute atomic E-state index is 11.8. The van der Waals surface area contributed by atoms with E-state index in [9.17, 15) is 4.79 Å². The van der Waals surface area contributed by atoms with E-state index < -0.39 is 0 Å². The Hall–Kier alpha value is -0.770. The Morgan fingerprint density at radius 2 is 1.86 bits per heavy atom. The molecule has 4 heteroatoms. The van der Waals surface area contributed by atoms with Gasteiger partial charge in [0.2, 0.25) is 0 Å². The average molecular weight is 295 g/mol. The molecule has 0 aromatic carbocycles. The number of likely N-dealkylation sites (tertiary alicyclic amines) is 1. The Kier molecular flexibility index (Phi) is 6.34. The molecule has 0 spiro atoms. The van der Waals surface area contributed by atoms with E-state index in [2.05, 4.69) is 12.2 Å². The van der Waals surface area contributed by atoms with Crippen molar-refractivity contribution < 1.29 is 4.79 Å². The van der Waals surface area contributed by atoms with Crippen LogP contribution in [0.5, 0.6) is 0 Å². The van der Waals surface area contributed by atoms with Gasteiger partial charge >= 0.3 is 6.03 Å². The summed E-state index contributed by atoms with van der Waals surface area (Å²) >= 11 is 0. The quantitative estimate of drug-likeness (QED) is 0.818. The maximum Gasteiger partial charge on any atom is 0.315 e. The molecular weight excluding hydrogens is 262 g/mol. The molecule has 4 nitrogen and oxygen atoms in total. The SMILES string of the molecule is CNC(C)C(CC1CCCCC1)C1CCCCN1C(N)=O. The van der Waals surface area contributed by atoms with Crippen molar-refractivity contribution in [3.05, 3.63) is 0 Å². The lowest BCUT2D eigenvalue weighted by molar-refractivity contribution is 0.0932. The predicted molar refractivity (Wildman–Crippen MR) is 87.1 cm³/mol. The number of carbonyl (C=O) groups is 1. The Balaban J connectivity index is 2.07. The van der Waals surface area contributed by atoms with Gasteiger partial charge in [-0.2, -0.15) is 0 Å². The second-order valence-electron chi connectivity index (χ2n) is 7.08. The Labute approximate surface area is 129 Å². The monoisotopic (exact) mass is 295 g/mol. The van der Waals surface area contributed by atoms with Gasteiger partial charge in [-0.05, 0) is 51.5 Å². The van der Waals surface area contributed by atoms with Gasteiger partial charge in [0.25, 0.3) is 0 Å². The van der Waals surface area contributed by atoms with Crippen molar-refractivity contribution in [3.8, 4) is 0 Å². The summed E-state index contributed by atoms with van der Waals surface area (Å²) in [6.07, 6.45) is 11.6. The van der Waals surface area contributed by atoms with Crippen LogP contribution in [-0.2, 0) is 0 Å². The van der Waals surface area contributed by atoms with Crippen molar-refractivity contribution >= 4 is 6.03 Å². The molecule has 1 saturated carbocycles. The molecule has 2 amide bonds. The number of nitrogens with two attached hydrogens (primary N) is 1. The molecule has 0 aromatic rings. The van der Waals surface area contributed by atoms with E-state index in [0.29, 0.717) is 18.0 Å². The summed E-state index contributed by atoms with van der Waals surface area (Å²) in [4.78, 5) is 13.7. The summed E-state index contributed by atoms with van der Waals surface area (Å²) < 4.78 is 0. The zero-order valence-corrected chi connectivity index (χ0v) is 13.8. The number of nitrogens with one attached hydrogen (secondary N) is 1. The minimum Gasteiger partial charge on any atom is -0.351 e. The number of amides is 2. The Bertz CT molecular complexity index is 328. The molecule has 3 atom stereocenters. The van der Waals surface area contributed by atoms with Crippen molar-refractivity contribution in [1.29, 1.82) is 0 Å². The van der Waals surface area contributed by atoms with Gasteiger partial charge in [0.15, 0.2) is 0 Å². The lowest BCUT2D eigenvalue weighted by Crippen LogP contribution is -2.54. The van der Waals surface area contributed by atoms with E-state index in [1.807, 2.05) is 11.9 Å². The number of urea groups is 1. The number of hydrogen-bond donors (Lipinski definition) is 2. The summed E-state index contributed by atoms with van der Waals surface area (Å²) in [5, 5.41) is 3.43. The van der Waals surface area contributed by atoms with Crippen LogP contribution in [0.2, 0.25) is 0 Å². The van der Waals surface area contributed by atoms with Crippen LogP contribution in [0.25, 0.3) is 0 Å². The first kappa shape index (κ1) is 16.6. The molecular formula is C17H33N3O. The van der Waals surface area contributed by atoms with Crippen LogP contribution < -0.4 is 11.1 Å². The van der Waals surface area contributed by atoms with E-state index in [4.69, 9.17) is 5.73 Å². The Morgan fingerprint density at radius 1 is 1.19 bits per heavy atom. The molecule has 3 unspecified atom stereocenters. The highest BCUT2D eigenvalue weighted by Gasteiger charge is 2.35. The summed E-state index contributed by atoms with van der Waals surface area (Å²) in [6, 6.07) is 0.550. The molecule has 1 saturated heterocycles. The molecule has 1 aliphatic carbocycles. The van der Waals surface area contributed by atoms with Gasteiger partial charge < -0.3 is 16.0 Å². The van der Waals surface area contributed by atoms with E-state index in [1.165, 1.54) is 44.9 Å². The van der Waals surface area contributed by atoms with E-state index in [1.54, 1.807) is 0 Å². The maximum atomic E-state index is 11.8. The van der Waals surface area contributed by atoms with Gasteiger partial charge in [0.05, 0.1) is 0 Å². The van der Waals surface area contributed by atoms with Crippen molar-refractivity contribution in [2.24, 2.45) is 17.6 Å². The molecule has 2 aliphatic rings. The molecule has 1 aliphatic heterocycles. The fourth-order valence-electron chi connectivity index (χ4n) is 4.39. The van der Waals surface area contributed by atoms with E-state index in [-0.39, 0.29) is 6.03 Å². The van der Waals surface area contributed by atoms with Crippen LogP contribution in [0.4, 0.5) is 4.79 Å². The fraction of sp³-hybridized carbons (Fsp3) is 0.941. The lowest BCUT2D eigenvalue weighted by Gasteiger charge is -2.43. The third kappa shape index (κ3) is 4.35. The number of primary amides is 1. The molecule has 3 N–H and O–H groups in total. The molecule has 0 radical (unpaired) electrons. The van der Waals surface area contributed by atoms with Crippen LogP contribution in [0.15, 0.2) is 0 Å². The second kappa shape index (κ2) is 8.02. The van der Waals surface area contributed by atoms with Gasteiger partial charge in [0.1, 0.15) is 0 Å². The van der Waals surface area contributed by atoms with Gasteiger partial charge in [-0.1, -0.05) is 32.1 Å². The van der Waals surface area contributed by atoms with Gasteiger partial charge in [0, 0.05) is 18.6 Å². The predicted octanol–water partition coefficient (Wildman–Crippen LogP) is 3.11. The number of hydrogen-bond acceptors (Lipinski definition) is 2. The van der Waals surface area contributed by atoms with Crippen molar-refractivity contribution in [2.45, 2.75) is 76.8 Å². The van der Waals surface area contributed by atoms with Crippen molar-refractivity contribution in [2.75, 3.05) is 13.6 Å². The third-order valence-electron chi connectivity index (χ3n) is 5.75. The largest absolute Gasteiger partial charge is 0.351 e. The van der Waals surface area contributed by atoms with Crippen LogP contribution in [0, 0.1) is 11.8 Å². The number of carbonyl (C=O) groups excluding carboxylic acids is 1. The molecule has 2 fully saturated rings. The number of piperidine rings is 1. The summed E-state index contributed by atoms with van der Waals surface area (Å²) in [5.41, 5.74) is 5.64. The van der Waals surface area contributed by atoms with E-state index in [0.717, 1.165) is 25.3 Å². The highest BCUT2D eigenvalue weighted by atomic mass is 16.2. The minimum atomic E-state index is -0.225. The average Bonchev–Trinajstić information content (AvgIpc) is 2.53. The topological polar surface area (TPSA) is 58.4 Å². The Morgan fingerprint density at radius 3 is 2.48 bits per heavy atom. The van der Waals surface area contributed by atoms with Gasteiger partial charge in [-0.15, -0.1) is 0 Å². The van der Waals surface area contributed by atoms with Gasteiger partial charge in [-0.25, -0.2) is 4.79 Å². The molecule has 21 heavy (non-hydrogen) atoms. The molecule has 122 valence electrons. The molecule has 2 rings (SSSR count). The van der Waals surface area contributed by atoms with Crippen LogP contribution in [-0.4, -0.2) is 36.6 Å². The molecule has 1 heterocycles. The normalized spacial score (nSPS) is 27.3. The fourth-order valence-corrected chi connectivity index (χ4v) is 4.39. The van der Waals surface area contributed by atoms with Gasteiger partial charge in [-0.3, -0.25) is 0 Å². The highest BCUT2D eigenvalue weighted by molar-refractivity contribution is 5.72. The van der Waals surface area contributed by atoms with Crippen LogP contribution in [0.1, 0.15) is 64.7 Å². The first-order chi connectivity index (χ1) is 10.1. The van der Waals surface area contributed by atoms with Crippen LogP contribution in [0.3, 0.4) is 0 Å². The second-order valence-corrected chi connectivity index (χ2v) is 7.08. The summed E-state index contributed by atoms with van der Waals surface area (Å²) in [6.45, 7) is 3.11. The smallest absolute Gasteiger partial charge is 0.315 e. The number of rotatable bonds is 5.